The first-order valence-electron chi connectivity index (χ1n) is 7.34. The Kier molecular flexibility index (Phi) is 5.31. The molecule has 0 amide bonds. The predicted octanol–water partition coefficient (Wildman–Crippen LogP) is 2.65. The van der Waals surface area contributed by atoms with E-state index in [4.69, 9.17) is 0 Å². The lowest BCUT2D eigenvalue weighted by atomic mass is 10.2. The number of aliphatic imine (C=N–C) groups is 1. The third-order valence-corrected chi connectivity index (χ3v) is 3.47. The summed E-state index contributed by atoms with van der Waals surface area (Å²) in [7, 11) is 0. The predicted molar refractivity (Wildman–Crippen MR) is 88.0 cm³/mol. The van der Waals surface area contributed by atoms with E-state index in [0.29, 0.717) is 5.69 Å². The van der Waals surface area contributed by atoms with Crippen LogP contribution in [0.3, 0.4) is 0 Å². The fraction of sp³-hybridized carbons (Fsp3) is 0.222. The highest BCUT2D eigenvalue weighted by Crippen LogP contribution is 2.16. The number of carboxylic acids is 1. The van der Waals surface area contributed by atoms with E-state index in [9.17, 15) is 9.90 Å². The summed E-state index contributed by atoms with van der Waals surface area (Å²) >= 11 is 0. The summed E-state index contributed by atoms with van der Waals surface area (Å²) in [6.07, 6.45) is 1.72. The molecule has 0 N–H and O–H groups in total. The van der Waals surface area contributed by atoms with Gasteiger partial charge in [0.1, 0.15) is 0 Å². The minimum Gasteiger partial charge on any atom is -0.545 e. The van der Waals surface area contributed by atoms with Gasteiger partial charge in [0.2, 0.25) is 0 Å². The topological polar surface area (TPSA) is 55.7 Å². The SMILES string of the molecule is CCN(CC)c1ccc(C=Nc2cccc(C(=O)[O-])c2)cc1. The number of carbonyl (C=O) groups is 1. The molecule has 4 heteroatoms. The maximum Gasteiger partial charge on any atom is 0.0716 e. The lowest BCUT2D eigenvalue weighted by molar-refractivity contribution is -0.255. The average molecular weight is 295 g/mol. The minimum atomic E-state index is -1.19. The number of benzene rings is 2. The zero-order chi connectivity index (χ0) is 15.9. The normalized spacial score (nSPS) is 10.8. The largest absolute Gasteiger partial charge is 0.545 e. The molecule has 0 aliphatic rings. The molecule has 0 aromatic heterocycles. The standard InChI is InChI=1S/C18H20N2O2/c1-3-20(4-2)17-10-8-14(9-11-17)13-19-16-7-5-6-15(12-16)18(21)22/h5-13H,3-4H2,1-2H3,(H,21,22)/p-1. The maximum atomic E-state index is 10.8. The fourth-order valence-electron chi connectivity index (χ4n) is 2.22. The molecule has 2 rings (SSSR count). The molecule has 0 aliphatic heterocycles. The van der Waals surface area contributed by atoms with Gasteiger partial charge in [-0.05, 0) is 49.2 Å². The molecule has 0 aliphatic carbocycles. The molecule has 0 radical (unpaired) electrons. The van der Waals surface area contributed by atoms with Gasteiger partial charge in [0.25, 0.3) is 0 Å². The second-order valence-electron chi connectivity index (χ2n) is 4.86. The average Bonchev–Trinajstić information content (AvgIpc) is 2.55. The van der Waals surface area contributed by atoms with Gasteiger partial charge in [-0.15, -0.1) is 0 Å². The lowest BCUT2D eigenvalue weighted by Gasteiger charge is -2.20. The smallest absolute Gasteiger partial charge is 0.0716 e. The van der Waals surface area contributed by atoms with Crippen molar-refractivity contribution >= 4 is 23.6 Å². The summed E-state index contributed by atoms with van der Waals surface area (Å²) in [4.78, 5) is 17.4. The number of nitrogens with zero attached hydrogens (tertiary/aromatic N) is 2. The highest BCUT2D eigenvalue weighted by atomic mass is 16.4. The summed E-state index contributed by atoms with van der Waals surface area (Å²) < 4.78 is 0. The van der Waals surface area contributed by atoms with Crippen molar-refractivity contribution in [2.45, 2.75) is 13.8 Å². The van der Waals surface area contributed by atoms with Crippen LogP contribution in [-0.4, -0.2) is 25.3 Å². The molecule has 0 bridgehead atoms. The third-order valence-electron chi connectivity index (χ3n) is 3.47. The van der Waals surface area contributed by atoms with Gasteiger partial charge in [-0.25, -0.2) is 0 Å². The Balaban J connectivity index is 2.13. The Labute approximate surface area is 130 Å². The second kappa shape index (κ2) is 7.41. The first kappa shape index (κ1) is 15.8. The number of aromatic carboxylic acids is 1. The van der Waals surface area contributed by atoms with Crippen LogP contribution in [0.2, 0.25) is 0 Å². The van der Waals surface area contributed by atoms with Crippen LogP contribution in [-0.2, 0) is 0 Å². The molecule has 114 valence electrons. The van der Waals surface area contributed by atoms with Crippen LogP contribution < -0.4 is 10.0 Å². The van der Waals surface area contributed by atoms with Gasteiger partial charge in [0.05, 0.1) is 11.7 Å². The van der Waals surface area contributed by atoms with Crippen LogP contribution in [0, 0.1) is 0 Å². The van der Waals surface area contributed by atoms with Gasteiger partial charge in [-0.1, -0.05) is 24.3 Å². The zero-order valence-electron chi connectivity index (χ0n) is 12.8. The number of hydrogen-bond donors (Lipinski definition) is 0. The molecule has 0 saturated heterocycles. The van der Waals surface area contributed by atoms with E-state index in [1.807, 2.05) is 12.1 Å². The molecule has 0 heterocycles. The molecule has 2 aromatic rings. The molecule has 2 aromatic carbocycles. The van der Waals surface area contributed by atoms with E-state index < -0.39 is 5.97 Å². The van der Waals surface area contributed by atoms with E-state index in [1.165, 1.54) is 17.8 Å². The monoisotopic (exact) mass is 295 g/mol. The molecular weight excluding hydrogens is 276 g/mol. The van der Waals surface area contributed by atoms with Crippen LogP contribution in [0.4, 0.5) is 11.4 Å². The first-order chi connectivity index (χ1) is 10.6. The minimum absolute atomic E-state index is 0.131. The van der Waals surface area contributed by atoms with Crippen LogP contribution in [0.25, 0.3) is 0 Å². The van der Waals surface area contributed by atoms with Crippen molar-refractivity contribution in [1.29, 1.82) is 0 Å². The van der Waals surface area contributed by atoms with Crippen molar-refractivity contribution in [3.05, 3.63) is 59.7 Å². The zero-order valence-corrected chi connectivity index (χ0v) is 12.8. The Hall–Kier alpha value is -2.62. The van der Waals surface area contributed by atoms with Gasteiger partial charge >= 0.3 is 0 Å². The number of hydrogen-bond acceptors (Lipinski definition) is 4. The van der Waals surface area contributed by atoms with Gasteiger partial charge < -0.3 is 14.8 Å². The van der Waals surface area contributed by atoms with Gasteiger partial charge in [0.15, 0.2) is 0 Å². The van der Waals surface area contributed by atoms with E-state index >= 15 is 0 Å². The van der Waals surface area contributed by atoms with Crippen molar-refractivity contribution in [2.24, 2.45) is 4.99 Å². The number of carbonyl (C=O) groups excluding carboxylic acids is 1. The number of rotatable bonds is 6. The molecule has 0 saturated carbocycles. The summed E-state index contributed by atoms with van der Waals surface area (Å²) in [6, 6.07) is 14.5. The van der Waals surface area contributed by atoms with E-state index in [0.717, 1.165) is 18.7 Å². The molecule has 0 unspecified atom stereocenters. The highest BCUT2D eigenvalue weighted by Gasteiger charge is 2.00. The van der Waals surface area contributed by atoms with Crippen LogP contribution in [0.15, 0.2) is 53.5 Å². The molecular formula is C18H19N2O2-. The quantitative estimate of drug-likeness (QED) is 0.770. The van der Waals surface area contributed by atoms with Crippen LogP contribution >= 0.6 is 0 Å². The summed E-state index contributed by atoms with van der Waals surface area (Å²) in [5, 5.41) is 10.8. The van der Waals surface area contributed by atoms with E-state index in [2.05, 4.69) is 35.9 Å². The van der Waals surface area contributed by atoms with Gasteiger partial charge in [-0.3, -0.25) is 4.99 Å². The maximum absolute atomic E-state index is 10.8. The van der Waals surface area contributed by atoms with Crippen molar-refractivity contribution in [2.75, 3.05) is 18.0 Å². The van der Waals surface area contributed by atoms with Crippen molar-refractivity contribution in [1.82, 2.24) is 0 Å². The molecule has 4 nitrogen and oxygen atoms in total. The fourth-order valence-corrected chi connectivity index (χ4v) is 2.22. The van der Waals surface area contributed by atoms with Gasteiger partial charge in [0, 0.05) is 25.0 Å². The van der Waals surface area contributed by atoms with E-state index in [-0.39, 0.29) is 5.56 Å². The molecule has 0 spiro atoms. The molecule has 0 atom stereocenters. The number of anilines is 1. The Morgan fingerprint density at radius 1 is 1.14 bits per heavy atom. The first-order valence-corrected chi connectivity index (χ1v) is 7.34. The van der Waals surface area contributed by atoms with Gasteiger partial charge in [-0.2, -0.15) is 0 Å². The summed E-state index contributed by atoms with van der Waals surface area (Å²) in [5.74, 6) is -1.19. The van der Waals surface area contributed by atoms with Crippen molar-refractivity contribution < 1.29 is 9.90 Å². The summed E-state index contributed by atoms with van der Waals surface area (Å²) in [5.41, 5.74) is 2.87. The van der Waals surface area contributed by atoms with Crippen LogP contribution in [0.1, 0.15) is 29.8 Å². The number of carboxylic acid groups (broad SMARTS) is 1. The molecule has 22 heavy (non-hydrogen) atoms. The Morgan fingerprint density at radius 3 is 2.41 bits per heavy atom. The summed E-state index contributed by atoms with van der Waals surface area (Å²) in [6.45, 7) is 6.20. The Morgan fingerprint density at radius 2 is 1.82 bits per heavy atom. The highest BCUT2D eigenvalue weighted by molar-refractivity contribution is 5.88. The van der Waals surface area contributed by atoms with E-state index in [1.54, 1.807) is 18.3 Å². The second-order valence-corrected chi connectivity index (χ2v) is 4.86. The van der Waals surface area contributed by atoms with Crippen LogP contribution in [0.5, 0.6) is 0 Å². The molecule has 0 fully saturated rings. The van der Waals surface area contributed by atoms with Crippen molar-refractivity contribution in [3.63, 3.8) is 0 Å². The third kappa shape index (κ3) is 3.95. The lowest BCUT2D eigenvalue weighted by Crippen LogP contribution is -2.21. The Bertz CT molecular complexity index is 659. The van der Waals surface area contributed by atoms with Crippen molar-refractivity contribution in [3.8, 4) is 0 Å².